The molecule has 9 nitrogen and oxygen atoms in total. The fraction of sp³-hybridized carbons (Fsp3) is 0.750. The van der Waals surface area contributed by atoms with Crippen molar-refractivity contribution in [1.29, 1.82) is 0 Å². The van der Waals surface area contributed by atoms with Crippen molar-refractivity contribution in [2.45, 2.75) is 102 Å². The first-order chi connectivity index (χ1) is 19.3. The number of carbonyl (C=O) groups excluding carboxylic acids is 2. The van der Waals surface area contributed by atoms with Gasteiger partial charge >= 0.3 is 5.97 Å². The molecule has 3 aliphatic heterocycles. The van der Waals surface area contributed by atoms with Gasteiger partial charge in [0.15, 0.2) is 6.29 Å². The molecule has 0 aromatic carbocycles. The minimum Gasteiger partial charge on any atom is -0.472 e. The first-order valence-corrected chi connectivity index (χ1v) is 14.9. The molecule has 224 valence electrons. The minimum absolute atomic E-state index is 0.176. The van der Waals surface area contributed by atoms with Gasteiger partial charge in [-0.2, -0.15) is 0 Å². The van der Waals surface area contributed by atoms with Crippen LogP contribution in [-0.4, -0.2) is 73.0 Å². The van der Waals surface area contributed by atoms with Crippen LogP contribution in [-0.2, 0) is 33.3 Å². The van der Waals surface area contributed by atoms with E-state index in [0.29, 0.717) is 19.4 Å². The summed E-state index contributed by atoms with van der Waals surface area (Å²) >= 11 is 0. The lowest BCUT2D eigenvalue weighted by atomic mass is 9.40. The summed E-state index contributed by atoms with van der Waals surface area (Å²) in [6.45, 7) is 12.3. The SMILES string of the molecule is CCC(C)C(=O)O[C@@H]1[C@@H]2OC[C@]3(C)C=C[C@]4(O)[C@H](OC)O[C@H]([C@]1(C)[C@]15O[C@H]1C[C@H](c1ccoc1)[C@@]5(C)C=O)[C@]4(C)C23. The van der Waals surface area contributed by atoms with E-state index in [2.05, 4.69) is 6.92 Å². The maximum atomic E-state index is 13.6. The van der Waals surface area contributed by atoms with Crippen molar-refractivity contribution in [2.75, 3.05) is 13.7 Å². The molecule has 3 saturated heterocycles. The zero-order valence-electron chi connectivity index (χ0n) is 24.9. The van der Waals surface area contributed by atoms with Gasteiger partial charge in [-0.1, -0.05) is 46.8 Å². The number of hydrogen-bond acceptors (Lipinski definition) is 9. The Bertz CT molecular complexity index is 1290. The molecule has 0 bridgehead atoms. The van der Waals surface area contributed by atoms with Gasteiger partial charge in [0.25, 0.3) is 0 Å². The smallest absolute Gasteiger partial charge is 0.309 e. The largest absolute Gasteiger partial charge is 0.472 e. The Labute approximate surface area is 240 Å². The Morgan fingerprint density at radius 1 is 1.22 bits per heavy atom. The molecule has 7 rings (SSSR count). The summed E-state index contributed by atoms with van der Waals surface area (Å²) in [5, 5.41) is 12.4. The topological polar surface area (TPSA) is 117 Å². The molecule has 5 fully saturated rings. The van der Waals surface area contributed by atoms with Gasteiger partial charge in [0.05, 0.1) is 54.2 Å². The van der Waals surface area contributed by atoms with E-state index in [4.69, 9.17) is 28.1 Å². The number of furan rings is 1. The summed E-state index contributed by atoms with van der Waals surface area (Å²) in [5.41, 5.74) is -5.05. The summed E-state index contributed by atoms with van der Waals surface area (Å²) in [7, 11) is 1.53. The summed E-state index contributed by atoms with van der Waals surface area (Å²) in [6, 6.07) is 1.90. The van der Waals surface area contributed by atoms with E-state index in [1.54, 1.807) is 12.5 Å². The molecule has 1 aromatic heterocycles. The highest BCUT2D eigenvalue weighted by Gasteiger charge is 2.91. The molecule has 41 heavy (non-hydrogen) atoms. The molecule has 0 spiro atoms. The Kier molecular flexibility index (Phi) is 5.63. The van der Waals surface area contributed by atoms with E-state index < -0.39 is 57.5 Å². The standard InChI is InChI=1S/C32H42O9/c1-8-17(2)24(34)39-23-21-22-27(3,16-38-21)10-11-31(35)26(36-7)40-25(29(22,31)5)30(23,6)32-20(41-32)13-19(28(32,4)15-33)18-9-12-37-14-18/h9-12,14-15,17,19-23,25-26,35H,8,13,16H2,1-7H3/t17?,19-,20+,21-,22?,23-,25+,26-,27+,28-,29+,30-,31+,32+/m1/s1. The quantitative estimate of drug-likeness (QED) is 0.226. The van der Waals surface area contributed by atoms with Crippen LogP contribution in [0.3, 0.4) is 0 Å². The highest BCUT2D eigenvalue weighted by molar-refractivity contribution is 5.73. The van der Waals surface area contributed by atoms with Crippen LogP contribution in [0.25, 0.3) is 0 Å². The van der Waals surface area contributed by atoms with Crippen LogP contribution in [0.5, 0.6) is 0 Å². The molecular formula is C32H42O9. The maximum absolute atomic E-state index is 13.6. The van der Waals surface area contributed by atoms with Gasteiger partial charge in [-0.15, -0.1) is 0 Å². The molecule has 14 atom stereocenters. The van der Waals surface area contributed by atoms with Crippen molar-refractivity contribution in [1.82, 2.24) is 0 Å². The zero-order chi connectivity index (χ0) is 29.4. The summed E-state index contributed by atoms with van der Waals surface area (Å²) in [6.07, 6.45) is 6.06. The second-order valence-electron chi connectivity index (χ2n) is 14.3. The van der Waals surface area contributed by atoms with Crippen molar-refractivity contribution in [3.63, 3.8) is 0 Å². The molecule has 2 saturated carbocycles. The number of carbonyl (C=O) groups is 2. The predicted molar refractivity (Wildman–Crippen MR) is 144 cm³/mol. The zero-order valence-corrected chi connectivity index (χ0v) is 24.9. The third-order valence-corrected chi connectivity index (χ3v) is 12.6. The molecule has 0 radical (unpaired) electrons. The van der Waals surface area contributed by atoms with E-state index in [0.717, 1.165) is 11.8 Å². The van der Waals surface area contributed by atoms with E-state index >= 15 is 0 Å². The normalized spacial score (nSPS) is 54.9. The number of aliphatic hydroxyl groups is 1. The van der Waals surface area contributed by atoms with Crippen molar-refractivity contribution in [3.8, 4) is 0 Å². The molecule has 0 amide bonds. The molecule has 4 heterocycles. The van der Waals surface area contributed by atoms with Crippen molar-refractivity contribution < 1.29 is 42.8 Å². The fourth-order valence-corrected chi connectivity index (χ4v) is 10.4. The lowest BCUT2D eigenvalue weighted by Crippen LogP contribution is -2.76. The third kappa shape index (κ3) is 2.86. The number of fused-ring (bicyclic) bond motifs is 1. The second-order valence-corrected chi connectivity index (χ2v) is 14.3. The average molecular weight is 571 g/mol. The van der Waals surface area contributed by atoms with Crippen LogP contribution >= 0.6 is 0 Å². The number of esters is 1. The Morgan fingerprint density at radius 3 is 2.61 bits per heavy atom. The van der Waals surface area contributed by atoms with Gasteiger partial charge in [-0.05, 0) is 31.4 Å². The third-order valence-electron chi connectivity index (χ3n) is 12.6. The summed E-state index contributed by atoms with van der Waals surface area (Å²) in [5.74, 6) is -1.07. The number of methoxy groups -OCH3 is 1. The predicted octanol–water partition coefficient (Wildman–Crippen LogP) is 3.79. The summed E-state index contributed by atoms with van der Waals surface area (Å²) in [4.78, 5) is 26.9. The molecule has 9 heteroatoms. The van der Waals surface area contributed by atoms with Crippen LogP contribution < -0.4 is 0 Å². The maximum Gasteiger partial charge on any atom is 0.309 e. The number of epoxide rings is 1. The monoisotopic (exact) mass is 570 g/mol. The average Bonchev–Trinajstić information content (AvgIpc) is 3.25. The molecule has 3 aliphatic carbocycles. The molecule has 1 N–H and O–H groups in total. The van der Waals surface area contributed by atoms with Gasteiger partial charge in [0, 0.05) is 29.8 Å². The van der Waals surface area contributed by atoms with Gasteiger partial charge in [-0.3, -0.25) is 4.79 Å². The summed E-state index contributed by atoms with van der Waals surface area (Å²) < 4.78 is 37.9. The number of aldehydes is 1. The van der Waals surface area contributed by atoms with Crippen LogP contribution in [0.15, 0.2) is 35.2 Å². The van der Waals surface area contributed by atoms with Crippen LogP contribution in [0, 0.1) is 33.5 Å². The first-order valence-electron chi connectivity index (χ1n) is 14.9. The Hall–Kier alpha value is -2.04. The van der Waals surface area contributed by atoms with Crippen LogP contribution in [0.4, 0.5) is 0 Å². The molecular weight excluding hydrogens is 528 g/mol. The van der Waals surface area contributed by atoms with Gasteiger partial charge in [0.1, 0.15) is 23.6 Å². The van der Waals surface area contributed by atoms with Gasteiger partial charge in [-0.25, -0.2) is 0 Å². The van der Waals surface area contributed by atoms with E-state index in [1.165, 1.54) is 7.11 Å². The Morgan fingerprint density at radius 2 is 1.98 bits per heavy atom. The van der Waals surface area contributed by atoms with E-state index in [9.17, 15) is 14.7 Å². The lowest BCUT2D eigenvalue weighted by molar-refractivity contribution is -0.265. The number of hydrogen-bond donors (Lipinski definition) is 1. The molecule has 1 aromatic rings. The van der Waals surface area contributed by atoms with Crippen molar-refractivity contribution in [2.24, 2.45) is 33.5 Å². The minimum atomic E-state index is -1.48. The fourth-order valence-electron chi connectivity index (χ4n) is 10.4. The van der Waals surface area contributed by atoms with Gasteiger partial charge in [0.2, 0.25) is 0 Å². The van der Waals surface area contributed by atoms with Crippen LogP contribution in [0.1, 0.15) is 65.9 Å². The lowest BCUT2D eigenvalue weighted by Gasteiger charge is -2.64. The van der Waals surface area contributed by atoms with Crippen molar-refractivity contribution in [3.05, 3.63) is 36.3 Å². The number of ether oxygens (including phenoxy) is 5. The molecule has 6 aliphatic rings. The highest BCUT2D eigenvalue weighted by atomic mass is 16.7. The second kappa shape index (κ2) is 8.32. The first kappa shape index (κ1) is 27.8. The van der Waals surface area contributed by atoms with Gasteiger partial charge < -0.3 is 38.0 Å². The Balaban J connectivity index is 1.46. The van der Waals surface area contributed by atoms with E-state index in [-0.39, 0.29) is 29.8 Å². The van der Waals surface area contributed by atoms with E-state index in [1.807, 2.05) is 52.8 Å². The number of rotatable bonds is 7. The molecule has 2 unspecified atom stereocenters. The van der Waals surface area contributed by atoms with Crippen LogP contribution in [0.2, 0.25) is 0 Å². The highest BCUT2D eigenvalue weighted by Crippen LogP contribution is 2.80. The van der Waals surface area contributed by atoms with Crippen molar-refractivity contribution >= 4 is 12.3 Å².